The van der Waals surface area contributed by atoms with Gasteiger partial charge in [0.05, 0.1) is 6.54 Å². The van der Waals surface area contributed by atoms with Crippen molar-refractivity contribution >= 4 is 11.9 Å². The molecule has 1 aromatic heterocycles. The number of amides is 1. The van der Waals surface area contributed by atoms with E-state index >= 15 is 0 Å². The van der Waals surface area contributed by atoms with Crippen LogP contribution in [0.2, 0.25) is 0 Å². The maximum absolute atomic E-state index is 12.7. The van der Waals surface area contributed by atoms with Gasteiger partial charge < -0.3 is 23.9 Å². The molecule has 7 nitrogen and oxygen atoms in total. The molecule has 0 aliphatic carbocycles. The van der Waals surface area contributed by atoms with Crippen molar-refractivity contribution in [1.29, 1.82) is 0 Å². The molecule has 25 heavy (non-hydrogen) atoms. The predicted molar refractivity (Wildman–Crippen MR) is 87.8 cm³/mol. The number of nitrogens with zero attached hydrogens (tertiary/aromatic N) is 1. The number of aromatic carboxylic acids is 1. The van der Waals surface area contributed by atoms with Crippen molar-refractivity contribution < 1.29 is 28.6 Å². The van der Waals surface area contributed by atoms with Crippen molar-refractivity contribution in [2.45, 2.75) is 32.6 Å². The molecule has 0 spiro atoms. The molecule has 1 amide bonds. The number of benzene rings is 1. The number of carbonyl (C=O) groups excluding carboxylic acids is 1. The molecule has 0 fully saturated rings. The zero-order chi connectivity index (χ0) is 18.1. The van der Waals surface area contributed by atoms with Crippen LogP contribution in [0.15, 0.2) is 34.7 Å². The lowest BCUT2D eigenvalue weighted by atomic mass is 10.1. The van der Waals surface area contributed by atoms with Gasteiger partial charge in [-0.1, -0.05) is 12.1 Å². The summed E-state index contributed by atoms with van der Waals surface area (Å²) in [6, 6.07) is 8.61. The Hall–Kier alpha value is -2.96. The average Bonchev–Trinajstić information content (AvgIpc) is 2.94. The van der Waals surface area contributed by atoms with E-state index in [1.165, 1.54) is 11.0 Å². The maximum Gasteiger partial charge on any atom is 0.339 e. The van der Waals surface area contributed by atoms with E-state index < -0.39 is 18.2 Å². The molecule has 2 atom stereocenters. The predicted octanol–water partition coefficient (Wildman–Crippen LogP) is 2.47. The molecule has 1 N–H and O–H groups in total. The van der Waals surface area contributed by atoms with Crippen LogP contribution in [0.5, 0.6) is 11.5 Å². The number of ether oxygens (including phenoxy) is 2. The summed E-state index contributed by atoms with van der Waals surface area (Å²) in [5, 5.41) is 9.08. The third-order valence-corrected chi connectivity index (χ3v) is 4.05. The fourth-order valence-corrected chi connectivity index (χ4v) is 2.75. The fourth-order valence-electron chi connectivity index (χ4n) is 2.75. The summed E-state index contributed by atoms with van der Waals surface area (Å²) in [4.78, 5) is 25.2. The van der Waals surface area contributed by atoms with Gasteiger partial charge in [-0.25, -0.2) is 4.79 Å². The monoisotopic (exact) mass is 345 g/mol. The standard InChI is InChI=1S/C18H19NO6/c1-10-13(18(21)22)8-12(23-10)9-19(3)17(20)16-11(2)24-14-6-4-5-7-15(14)25-16/h4-8,11,16H,9H2,1-3H3,(H,21,22)/t11-,16-/m0/s1. The SMILES string of the molecule is Cc1oc(CN(C)C(=O)[C@H]2Oc3ccccc3O[C@H]2C)cc1C(=O)O. The van der Waals surface area contributed by atoms with Crippen molar-refractivity contribution in [2.75, 3.05) is 7.05 Å². The van der Waals surface area contributed by atoms with Crippen LogP contribution in [0.3, 0.4) is 0 Å². The maximum atomic E-state index is 12.7. The zero-order valence-electron chi connectivity index (χ0n) is 14.2. The van der Waals surface area contributed by atoms with Gasteiger partial charge in [0.25, 0.3) is 5.91 Å². The topological polar surface area (TPSA) is 89.2 Å². The van der Waals surface area contributed by atoms with Gasteiger partial charge in [0.1, 0.15) is 23.2 Å². The Morgan fingerprint density at radius 1 is 1.20 bits per heavy atom. The molecule has 132 valence electrons. The first-order valence-electron chi connectivity index (χ1n) is 7.86. The van der Waals surface area contributed by atoms with Crippen molar-refractivity contribution in [3.05, 3.63) is 47.4 Å². The van der Waals surface area contributed by atoms with E-state index in [0.717, 1.165) is 0 Å². The Morgan fingerprint density at radius 2 is 1.84 bits per heavy atom. The molecular weight excluding hydrogens is 326 g/mol. The Bertz CT molecular complexity index is 812. The number of furan rings is 1. The van der Waals surface area contributed by atoms with Crippen LogP contribution in [-0.2, 0) is 11.3 Å². The van der Waals surface area contributed by atoms with Gasteiger partial charge in [-0.2, -0.15) is 0 Å². The Balaban J connectivity index is 1.72. The van der Waals surface area contributed by atoms with Gasteiger partial charge >= 0.3 is 5.97 Å². The van der Waals surface area contributed by atoms with E-state index in [2.05, 4.69) is 0 Å². The van der Waals surface area contributed by atoms with Crippen LogP contribution in [0, 0.1) is 6.92 Å². The van der Waals surface area contributed by atoms with Crippen LogP contribution < -0.4 is 9.47 Å². The largest absolute Gasteiger partial charge is 0.482 e. The van der Waals surface area contributed by atoms with E-state index in [1.54, 1.807) is 33.0 Å². The van der Waals surface area contributed by atoms with E-state index in [4.69, 9.17) is 19.0 Å². The van der Waals surface area contributed by atoms with Gasteiger partial charge in [0.15, 0.2) is 11.5 Å². The number of likely N-dealkylation sites (N-methyl/N-ethyl adjacent to an activating group) is 1. The highest BCUT2D eigenvalue weighted by Crippen LogP contribution is 2.34. The molecular formula is C18H19NO6. The Kier molecular flexibility index (Phi) is 4.39. The smallest absolute Gasteiger partial charge is 0.339 e. The second kappa shape index (κ2) is 6.51. The van der Waals surface area contributed by atoms with Crippen molar-refractivity contribution in [3.63, 3.8) is 0 Å². The second-order valence-corrected chi connectivity index (χ2v) is 5.99. The summed E-state index contributed by atoms with van der Waals surface area (Å²) in [7, 11) is 1.61. The summed E-state index contributed by atoms with van der Waals surface area (Å²) in [6.45, 7) is 3.49. The summed E-state index contributed by atoms with van der Waals surface area (Å²) in [5.74, 6) is 0.505. The van der Waals surface area contributed by atoms with Crippen LogP contribution >= 0.6 is 0 Å². The second-order valence-electron chi connectivity index (χ2n) is 5.99. The molecule has 0 unspecified atom stereocenters. The number of para-hydroxylation sites is 2. The summed E-state index contributed by atoms with van der Waals surface area (Å²) in [6.07, 6.45) is -1.23. The number of fused-ring (bicyclic) bond motifs is 1. The summed E-state index contributed by atoms with van der Waals surface area (Å²) >= 11 is 0. The Morgan fingerprint density at radius 3 is 2.44 bits per heavy atom. The molecule has 0 bridgehead atoms. The molecule has 0 saturated heterocycles. The number of hydrogen-bond donors (Lipinski definition) is 1. The third kappa shape index (κ3) is 3.31. The number of aryl methyl sites for hydroxylation is 1. The highest BCUT2D eigenvalue weighted by molar-refractivity contribution is 5.89. The minimum Gasteiger partial charge on any atom is -0.482 e. The van der Waals surface area contributed by atoms with Crippen molar-refractivity contribution in [3.8, 4) is 11.5 Å². The highest BCUT2D eigenvalue weighted by Gasteiger charge is 2.36. The van der Waals surface area contributed by atoms with Crippen LogP contribution in [0.1, 0.15) is 28.8 Å². The number of rotatable bonds is 4. The van der Waals surface area contributed by atoms with Gasteiger partial charge in [0, 0.05) is 7.05 Å². The molecule has 1 aliphatic heterocycles. The molecule has 1 aromatic carbocycles. The first-order chi connectivity index (χ1) is 11.9. The molecule has 0 saturated carbocycles. The minimum atomic E-state index is -1.06. The lowest BCUT2D eigenvalue weighted by Gasteiger charge is -2.33. The molecule has 1 aliphatic rings. The third-order valence-electron chi connectivity index (χ3n) is 4.05. The molecule has 7 heteroatoms. The van der Waals surface area contributed by atoms with Crippen molar-refractivity contribution in [2.24, 2.45) is 0 Å². The van der Waals surface area contributed by atoms with E-state index in [9.17, 15) is 9.59 Å². The zero-order valence-corrected chi connectivity index (χ0v) is 14.2. The Labute approximate surface area is 144 Å². The quantitative estimate of drug-likeness (QED) is 0.916. The number of hydrogen-bond acceptors (Lipinski definition) is 5. The van der Waals surface area contributed by atoms with E-state index in [0.29, 0.717) is 23.0 Å². The summed E-state index contributed by atoms with van der Waals surface area (Å²) < 4.78 is 17.0. The number of carbonyl (C=O) groups is 2. The number of carboxylic acids is 1. The first-order valence-corrected chi connectivity index (χ1v) is 7.86. The van der Waals surface area contributed by atoms with E-state index in [-0.39, 0.29) is 18.0 Å². The highest BCUT2D eigenvalue weighted by atomic mass is 16.6. The van der Waals surface area contributed by atoms with Gasteiger partial charge in [-0.3, -0.25) is 4.79 Å². The van der Waals surface area contributed by atoms with Crippen molar-refractivity contribution in [1.82, 2.24) is 4.90 Å². The molecule has 2 aromatic rings. The molecule has 3 rings (SSSR count). The molecule has 0 radical (unpaired) electrons. The lowest BCUT2D eigenvalue weighted by molar-refractivity contribution is -0.143. The first kappa shape index (κ1) is 16.9. The molecule has 2 heterocycles. The minimum absolute atomic E-state index is 0.0930. The van der Waals surface area contributed by atoms with Gasteiger partial charge in [0.2, 0.25) is 6.10 Å². The lowest BCUT2D eigenvalue weighted by Crippen LogP contribution is -2.49. The van der Waals surface area contributed by atoms with Crippen LogP contribution in [0.4, 0.5) is 0 Å². The van der Waals surface area contributed by atoms with Gasteiger partial charge in [-0.05, 0) is 32.0 Å². The normalized spacial score (nSPS) is 18.7. The number of carboxylic acid groups (broad SMARTS) is 1. The van der Waals surface area contributed by atoms with E-state index in [1.807, 2.05) is 12.1 Å². The van der Waals surface area contributed by atoms with Crippen LogP contribution in [0.25, 0.3) is 0 Å². The van der Waals surface area contributed by atoms with Crippen LogP contribution in [-0.4, -0.2) is 41.1 Å². The average molecular weight is 345 g/mol. The van der Waals surface area contributed by atoms with Gasteiger partial charge in [-0.15, -0.1) is 0 Å². The summed E-state index contributed by atoms with van der Waals surface area (Å²) in [5.41, 5.74) is 0.0930. The fraction of sp³-hybridized carbons (Fsp3) is 0.333.